The Morgan fingerprint density at radius 2 is 1.29 bits per heavy atom. The van der Waals surface area contributed by atoms with Crippen molar-refractivity contribution in [3.8, 4) is 5.75 Å². The van der Waals surface area contributed by atoms with Gasteiger partial charge in [-0.15, -0.1) is 0 Å². The molecule has 0 fully saturated rings. The van der Waals surface area contributed by atoms with Gasteiger partial charge in [0.1, 0.15) is 0 Å². The van der Waals surface area contributed by atoms with Gasteiger partial charge in [0.25, 0.3) is 0 Å². The Balaban J connectivity index is 3.37. The monoisotopic (exact) mass is 641 g/mol. The predicted molar refractivity (Wildman–Crippen MR) is 85.2 cm³/mol. The molecule has 13 heteroatoms. The van der Waals surface area contributed by atoms with Crippen molar-refractivity contribution in [2.45, 2.75) is 5.25 Å². The van der Waals surface area contributed by atoms with Gasteiger partial charge in [0.2, 0.25) is 0 Å². The summed E-state index contributed by atoms with van der Waals surface area (Å²) in [5.74, 6) is -2.95. The van der Waals surface area contributed by atoms with Gasteiger partial charge >= 0.3 is 11.2 Å². The van der Waals surface area contributed by atoms with E-state index < -0.39 is 27.1 Å². The van der Waals surface area contributed by atoms with Crippen molar-refractivity contribution in [2.24, 2.45) is 0 Å². The number of hydrogen-bond donors (Lipinski definition) is 0. The van der Waals surface area contributed by atoms with Gasteiger partial charge in [0.15, 0.2) is 15.9 Å². The Morgan fingerprint density at radius 3 is 1.62 bits per heavy atom. The minimum Gasteiger partial charge on any atom is -0.743 e. The molecule has 0 saturated carbocycles. The van der Waals surface area contributed by atoms with E-state index in [1.165, 1.54) is 0 Å². The Bertz CT molecular complexity index is 691. The van der Waals surface area contributed by atoms with Crippen LogP contribution in [-0.4, -0.2) is 24.2 Å². The number of carbonyl (C=O) groups excluding carboxylic acids is 1. The largest absolute Gasteiger partial charge is 0.743 e. The van der Waals surface area contributed by atoms with E-state index in [2.05, 4.69) is 84.4 Å². The molecule has 0 aliphatic rings. The van der Waals surface area contributed by atoms with E-state index in [0.29, 0.717) is 13.4 Å². The van der Waals surface area contributed by atoms with Crippen LogP contribution in [-0.2, 0) is 14.9 Å². The summed E-state index contributed by atoms with van der Waals surface area (Å²) in [6.45, 7) is 0. The maximum Gasteiger partial charge on any atom is 0.429 e. The highest BCUT2D eigenvalue weighted by molar-refractivity contribution is 9.15. The van der Waals surface area contributed by atoms with Crippen LogP contribution in [0.4, 0.5) is 8.78 Å². The zero-order valence-corrected chi connectivity index (χ0v) is 17.8. The number of halogens is 7. The molecule has 118 valence electrons. The maximum absolute atomic E-state index is 13.1. The fourth-order valence-corrected chi connectivity index (χ4v) is 4.35. The summed E-state index contributed by atoms with van der Waals surface area (Å²) in [5, 5.41) is -5.21. The first-order valence-electron chi connectivity index (χ1n) is 4.39. The lowest BCUT2D eigenvalue weighted by atomic mass is 10.3. The molecule has 0 aliphatic heterocycles. The molecule has 0 heterocycles. The summed E-state index contributed by atoms with van der Waals surface area (Å²) in [6.07, 6.45) is 0. The van der Waals surface area contributed by atoms with Crippen LogP contribution in [0.15, 0.2) is 22.4 Å². The Labute approximate surface area is 159 Å². The molecule has 0 aromatic heterocycles. The van der Waals surface area contributed by atoms with Gasteiger partial charge < -0.3 is 9.29 Å². The topological polar surface area (TPSA) is 83.5 Å². The van der Waals surface area contributed by atoms with Crippen LogP contribution >= 0.6 is 79.6 Å². The molecular formula is C8Br5F2O5S-. The molecule has 0 amide bonds. The first kappa shape index (κ1) is 19.9. The van der Waals surface area contributed by atoms with E-state index in [0.717, 1.165) is 0 Å². The summed E-state index contributed by atoms with van der Waals surface area (Å²) in [7, 11) is -6.20. The lowest BCUT2D eigenvalue weighted by molar-refractivity contribution is -0.151. The number of benzene rings is 1. The van der Waals surface area contributed by atoms with Crippen molar-refractivity contribution in [1.29, 1.82) is 0 Å². The van der Waals surface area contributed by atoms with Crippen molar-refractivity contribution in [3.63, 3.8) is 0 Å². The predicted octanol–water partition coefficient (Wildman–Crippen LogP) is 4.54. The highest BCUT2D eigenvalue weighted by Gasteiger charge is 2.49. The molecule has 0 atom stereocenters. The summed E-state index contributed by atoms with van der Waals surface area (Å²) in [6, 6.07) is 0. The Hall–Kier alpha value is 0.860. The van der Waals surface area contributed by atoms with Crippen molar-refractivity contribution in [2.75, 3.05) is 0 Å². The van der Waals surface area contributed by atoms with Gasteiger partial charge in [0.05, 0.1) is 17.9 Å². The third kappa shape index (κ3) is 3.86. The summed E-state index contributed by atoms with van der Waals surface area (Å²) >= 11 is 15.3. The summed E-state index contributed by atoms with van der Waals surface area (Å²) in [5.41, 5.74) is 0. The van der Waals surface area contributed by atoms with E-state index in [1.807, 2.05) is 0 Å². The van der Waals surface area contributed by atoms with Gasteiger partial charge in [-0.1, -0.05) is 0 Å². The highest BCUT2D eigenvalue weighted by Crippen LogP contribution is 2.49. The van der Waals surface area contributed by atoms with Gasteiger partial charge in [-0.05, 0) is 79.6 Å². The van der Waals surface area contributed by atoms with E-state index >= 15 is 0 Å². The molecule has 0 unspecified atom stereocenters. The van der Waals surface area contributed by atoms with Crippen LogP contribution in [0, 0.1) is 0 Å². The SMILES string of the molecule is O=C(Oc1c(Br)c(Br)c(Br)c(Br)c1Br)C(F)(F)S(=O)(=O)[O-]. The molecule has 1 aromatic rings. The Kier molecular flexibility index (Phi) is 6.42. The molecule has 0 N–H and O–H groups in total. The van der Waals surface area contributed by atoms with Crippen LogP contribution in [0.1, 0.15) is 0 Å². The van der Waals surface area contributed by atoms with Crippen molar-refractivity contribution in [3.05, 3.63) is 22.4 Å². The molecule has 5 nitrogen and oxygen atoms in total. The Morgan fingerprint density at radius 1 is 0.952 bits per heavy atom. The second-order valence-electron chi connectivity index (χ2n) is 3.26. The number of alkyl halides is 2. The number of rotatable bonds is 3. The molecule has 0 spiro atoms. The third-order valence-corrected chi connectivity index (χ3v) is 8.73. The number of ether oxygens (including phenoxy) is 1. The molecule has 0 aliphatic carbocycles. The quantitative estimate of drug-likeness (QED) is 0.159. The minimum absolute atomic E-state index is 0.0388. The third-order valence-electron chi connectivity index (χ3n) is 1.92. The number of hydrogen-bond acceptors (Lipinski definition) is 5. The fourth-order valence-electron chi connectivity index (χ4n) is 0.929. The molecule has 0 radical (unpaired) electrons. The van der Waals surface area contributed by atoms with Gasteiger partial charge in [0, 0.05) is 4.47 Å². The number of carbonyl (C=O) groups is 1. The summed E-state index contributed by atoms with van der Waals surface area (Å²) < 4.78 is 62.9. The second-order valence-corrected chi connectivity index (χ2v) is 8.65. The molecule has 1 rings (SSSR count). The zero-order valence-electron chi connectivity index (χ0n) is 9.10. The zero-order chi connectivity index (χ0) is 16.7. The molecule has 0 bridgehead atoms. The molecule has 21 heavy (non-hydrogen) atoms. The van der Waals surface area contributed by atoms with Crippen LogP contribution in [0.25, 0.3) is 0 Å². The normalized spacial score (nSPS) is 12.4. The second kappa shape index (κ2) is 6.77. The minimum atomic E-state index is -6.20. The lowest BCUT2D eigenvalue weighted by Crippen LogP contribution is -2.40. The van der Waals surface area contributed by atoms with E-state index in [1.54, 1.807) is 0 Å². The van der Waals surface area contributed by atoms with E-state index in [9.17, 15) is 26.5 Å². The highest BCUT2D eigenvalue weighted by atomic mass is 79.9. The molecule has 1 aromatic carbocycles. The van der Waals surface area contributed by atoms with Crippen molar-refractivity contribution in [1.82, 2.24) is 0 Å². The van der Waals surface area contributed by atoms with Gasteiger partial charge in [-0.2, -0.15) is 8.78 Å². The molecular weight excluding hydrogens is 646 g/mol. The average Bonchev–Trinajstić information content (AvgIpc) is 2.37. The lowest BCUT2D eigenvalue weighted by Gasteiger charge is -2.19. The van der Waals surface area contributed by atoms with Crippen LogP contribution < -0.4 is 4.74 Å². The summed E-state index contributed by atoms with van der Waals surface area (Å²) in [4.78, 5) is 11.3. The van der Waals surface area contributed by atoms with Crippen LogP contribution in [0.2, 0.25) is 0 Å². The van der Waals surface area contributed by atoms with E-state index in [4.69, 9.17) is 0 Å². The smallest absolute Gasteiger partial charge is 0.429 e. The van der Waals surface area contributed by atoms with E-state index in [-0.39, 0.29) is 8.95 Å². The van der Waals surface area contributed by atoms with Gasteiger partial charge in [-0.25, -0.2) is 13.2 Å². The van der Waals surface area contributed by atoms with Crippen LogP contribution in [0.3, 0.4) is 0 Å². The standard InChI is InChI=1S/C8HBr5F2O5S/c9-1-2(10)4(12)6(5(13)3(1)11)20-7(16)8(14,15)21(17,18)19/h(H,17,18,19)/p-1. The van der Waals surface area contributed by atoms with Gasteiger partial charge in [-0.3, -0.25) is 0 Å². The first-order chi connectivity index (χ1) is 9.32. The van der Waals surface area contributed by atoms with Crippen molar-refractivity contribution >= 4 is 95.7 Å². The van der Waals surface area contributed by atoms with Crippen LogP contribution in [0.5, 0.6) is 5.75 Å². The maximum atomic E-state index is 13.1. The average molecular weight is 646 g/mol. The number of esters is 1. The fraction of sp³-hybridized carbons (Fsp3) is 0.125. The van der Waals surface area contributed by atoms with Crippen molar-refractivity contribution < 1.29 is 31.3 Å². The molecule has 0 saturated heterocycles. The first-order valence-corrected chi connectivity index (χ1v) is 9.76.